The Hall–Kier alpha value is -2.14. The van der Waals surface area contributed by atoms with E-state index in [0.717, 1.165) is 30.5 Å². The van der Waals surface area contributed by atoms with Gasteiger partial charge in [-0.25, -0.2) is 0 Å². The van der Waals surface area contributed by atoms with Gasteiger partial charge in [-0.2, -0.15) is 0 Å². The van der Waals surface area contributed by atoms with Crippen molar-refractivity contribution >= 4 is 16.8 Å². The zero-order valence-corrected chi connectivity index (χ0v) is 14.9. The third kappa shape index (κ3) is 2.76. The van der Waals surface area contributed by atoms with Gasteiger partial charge in [0.1, 0.15) is 5.56 Å². The zero-order valence-electron chi connectivity index (χ0n) is 14.9. The van der Waals surface area contributed by atoms with Crippen molar-refractivity contribution in [2.24, 2.45) is 7.05 Å². The lowest BCUT2D eigenvalue weighted by molar-refractivity contribution is 0.00202. The second-order valence-electron chi connectivity index (χ2n) is 7.43. The molecule has 25 heavy (non-hydrogen) atoms. The van der Waals surface area contributed by atoms with Crippen molar-refractivity contribution < 1.29 is 4.79 Å². The number of carbonyl (C=O) groups excluding carboxylic acids is 1. The van der Waals surface area contributed by atoms with Crippen molar-refractivity contribution in [1.29, 1.82) is 0 Å². The number of benzene rings is 1. The molecule has 1 amide bonds. The minimum atomic E-state index is -0.210. The van der Waals surface area contributed by atoms with Crippen molar-refractivity contribution in [3.63, 3.8) is 0 Å². The van der Waals surface area contributed by atoms with E-state index >= 15 is 0 Å². The molecule has 5 heteroatoms. The van der Waals surface area contributed by atoms with Crippen molar-refractivity contribution in [2.75, 3.05) is 19.6 Å². The van der Waals surface area contributed by atoms with Crippen molar-refractivity contribution in [3.8, 4) is 0 Å². The number of nitrogens with zero attached hydrogens (tertiary/aromatic N) is 3. The Kier molecular flexibility index (Phi) is 4.12. The highest BCUT2D eigenvalue weighted by molar-refractivity contribution is 5.97. The van der Waals surface area contributed by atoms with Crippen LogP contribution in [0.1, 0.15) is 36.5 Å². The highest BCUT2D eigenvalue weighted by Gasteiger charge is 2.38. The molecule has 1 aromatic carbocycles. The van der Waals surface area contributed by atoms with Gasteiger partial charge in [-0.3, -0.25) is 14.5 Å². The zero-order chi connectivity index (χ0) is 17.6. The maximum Gasteiger partial charge on any atom is 0.263 e. The molecule has 2 saturated heterocycles. The molecule has 2 aromatic rings. The number of fused-ring (bicyclic) bond motifs is 1. The summed E-state index contributed by atoms with van der Waals surface area (Å²) in [6, 6.07) is 10.5. The number of likely N-dealkylation sites (tertiary alicyclic amines) is 2. The summed E-state index contributed by atoms with van der Waals surface area (Å²) in [7, 11) is 1.73. The van der Waals surface area contributed by atoms with Crippen LogP contribution in [0.4, 0.5) is 0 Å². The highest BCUT2D eigenvalue weighted by atomic mass is 16.2. The molecule has 132 valence electrons. The largest absolute Gasteiger partial charge is 0.335 e. The molecule has 0 spiro atoms. The minimum Gasteiger partial charge on any atom is -0.335 e. The Labute approximate surface area is 147 Å². The van der Waals surface area contributed by atoms with Crippen LogP contribution < -0.4 is 5.56 Å². The normalized spacial score (nSPS) is 22.2. The number of rotatable bonds is 2. The molecule has 1 aromatic heterocycles. The SMILES string of the molecule is C[C@@H]1CCCCN1C1CN(C(=O)c2cc3ccccc3n(C)c2=O)C1. The number of amides is 1. The van der Waals surface area contributed by atoms with Gasteiger partial charge in [0.2, 0.25) is 0 Å². The summed E-state index contributed by atoms with van der Waals surface area (Å²) in [6.07, 6.45) is 3.80. The van der Waals surface area contributed by atoms with E-state index in [-0.39, 0.29) is 17.0 Å². The van der Waals surface area contributed by atoms with E-state index in [4.69, 9.17) is 0 Å². The molecule has 2 aliphatic rings. The summed E-state index contributed by atoms with van der Waals surface area (Å²) in [5.41, 5.74) is 0.928. The fourth-order valence-electron chi connectivity index (χ4n) is 4.24. The van der Waals surface area contributed by atoms with Gasteiger partial charge in [-0.1, -0.05) is 24.6 Å². The number of carbonyl (C=O) groups is 1. The van der Waals surface area contributed by atoms with E-state index in [1.807, 2.05) is 29.2 Å². The highest BCUT2D eigenvalue weighted by Crippen LogP contribution is 2.25. The Morgan fingerprint density at radius 1 is 1.16 bits per heavy atom. The van der Waals surface area contributed by atoms with Crippen LogP contribution in [0.5, 0.6) is 0 Å². The van der Waals surface area contributed by atoms with Gasteiger partial charge in [-0.05, 0) is 43.8 Å². The number of aromatic nitrogens is 1. The van der Waals surface area contributed by atoms with Crippen LogP contribution in [0.3, 0.4) is 0 Å². The van der Waals surface area contributed by atoms with Gasteiger partial charge in [0.15, 0.2) is 0 Å². The third-order valence-corrected chi connectivity index (χ3v) is 5.84. The van der Waals surface area contributed by atoms with E-state index in [1.165, 1.54) is 19.3 Å². The Morgan fingerprint density at radius 3 is 2.68 bits per heavy atom. The molecule has 2 aliphatic heterocycles. The smallest absolute Gasteiger partial charge is 0.263 e. The average Bonchev–Trinajstić information content (AvgIpc) is 2.58. The first-order chi connectivity index (χ1) is 12.1. The van der Waals surface area contributed by atoms with Crippen molar-refractivity contribution in [3.05, 3.63) is 46.2 Å². The van der Waals surface area contributed by atoms with Gasteiger partial charge in [-0.15, -0.1) is 0 Å². The topological polar surface area (TPSA) is 45.5 Å². The molecule has 0 aliphatic carbocycles. The predicted molar refractivity (Wildman–Crippen MR) is 98.9 cm³/mol. The molecule has 0 bridgehead atoms. The number of aryl methyl sites for hydroxylation is 1. The molecule has 0 unspecified atom stereocenters. The van der Waals surface area contributed by atoms with Crippen molar-refractivity contribution in [1.82, 2.24) is 14.4 Å². The second kappa shape index (κ2) is 6.30. The fourth-order valence-corrected chi connectivity index (χ4v) is 4.24. The van der Waals surface area contributed by atoms with Gasteiger partial charge in [0.05, 0.1) is 5.52 Å². The van der Waals surface area contributed by atoms with E-state index in [9.17, 15) is 9.59 Å². The Balaban J connectivity index is 1.54. The molecular weight excluding hydrogens is 314 g/mol. The number of hydrogen-bond acceptors (Lipinski definition) is 3. The molecular formula is C20H25N3O2. The first-order valence-corrected chi connectivity index (χ1v) is 9.20. The first kappa shape index (κ1) is 16.3. The van der Waals surface area contributed by atoms with Crippen molar-refractivity contribution in [2.45, 2.75) is 38.3 Å². The molecule has 2 fully saturated rings. The lowest BCUT2D eigenvalue weighted by Gasteiger charge is -2.49. The molecule has 0 N–H and O–H groups in total. The monoisotopic (exact) mass is 339 g/mol. The predicted octanol–water partition coefficient (Wildman–Crippen LogP) is 2.24. The summed E-state index contributed by atoms with van der Waals surface area (Å²) in [5, 5.41) is 0.926. The Morgan fingerprint density at radius 2 is 1.92 bits per heavy atom. The quantitative estimate of drug-likeness (QED) is 0.843. The molecule has 5 nitrogen and oxygen atoms in total. The standard InChI is InChI=1S/C20H25N3O2/c1-14-7-5-6-10-23(14)16-12-22(13-16)20(25)17-11-15-8-3-4-9-18(15)21(2)19(17)24/h3-4,8-9,11,14,16H,5-7,10,12-13H2,1-2H3/t14-/m1/s1. The van der Waals surface area contributed by atoms with Crippen LogP contribution in [-0.2, 0) is 7.05 Å². The first-order valence-electron chi connectivity index (χ1n) is 9.20. The van der Waals surface area contributed by atoms with Gasteiger partial charge in [0.25, 0.3) is 11.5 Å². The lowest BCUT2D eigenvalue weighted by atomic mass is 9.97. The minimum absolute atomic E-state index is 0.132. The van der Waals surface area contributed by atoms with E-state index in [1.54, 1.807) is 17.7 Å². The molecule has 0 radical (unpaired) electrons. The van der Waals surface area contributed by atoms with Crippen LogP contribution in [-0.4, -0.2) is 52.0 Å². The summed E-state index contributed by atoms with van der Waals surface area (Å²) < 4.78 is 1.58. The fraction of sp³-hybridized carbons (Fsp3) is 0.500. The van der Waals surface area contributed by atoms with E-state index in [0.29, 0.717) is 12.1 Å². The maximum atomic E-state index is 12.8. The number of pyridine rings is 1. The van der Waals surface area contributed by atoms with Gasteiger partial charge in [0, 0.05) is 32.2 Å². The van der Waals surface area contributed by atoms with Gasteiger partial charge < -0.3 is 9.47 Å². The third-order valence-electron chi connectivity index (χ3n) is 5.84. The summed E-state index contributed by atoms with van der Waals surface area (Å²) >= 11 is 0. The van der Waals surface area contributed by atoms with Crippen LogP contribution in [0, 0.1) is 0 Å². The lowest BCUT2D eigenvalue weighted by Crippen LogP contribution is -2.63. The Bertz CT molecular complexity index is 867. The van der Waals surface area contributed by atoms with Crippen LogP contribution in [0.25, 0.3) is 10.9 Å². The second-order valence-corrected chi connectivity index (χ2v) is 7.43. The summed E-state index contributed by atoms with van der Waals surface area (Å²) in [6.45, 7) is 4.88. The molecule has 4 rings (SSSR count). The number of hydrogen-bond donors (Lipinski definition) is 0. The number of para-hydroxylation sites is 1. The van der Waals surface area contributed by atoms with Crippen LogP contribution in [0.15, 0.2) is 35.1 Å². The van der Waals surface area contributed by atoms with Crippen LogP contribution >= 0.6 is 0 Å². The summed E-state index contributed by atoms with van der Waals surface area (Å²) in [5.74, 6) is -0.132. The maximum absolute atomic E-state index is 12.8. The molecule has 3 heterocycles. The summed E-state index contributed by atoms with van der Waals surface area (Å²) in [4.78, 5) is 29.8. The van der Waals surface area contributed by atoms with Gasteiger partial charge >= 0.3 is 0 Å². The number of piperidine rings is 1. The average molecular weight is 339 g/mol. The van der Waals surface area contributed by atoms with E-state index in [2.05, 4.69) is 11.8 Å². The van der Waals surface area contributed by atoms with E-state index < -0.39 is 0 Å². The van der Waals surface area contributed by atoms with Crippen LogP contribution in [0.2, 0.25) is 0 Å². The molecule has 0 saturated carbocycles. The molecule has 1 atom stereocenters.